The Morgan fingerprint density at radius 3 is 2.25 bits per heavy atom. The highest BCUT2D eigenvalue weighted by Crippen LogP contribution is 2.37. The van der Waals surface area contributed by atoms with Gasteiger partial charge in [-0.1, -0.05) is 79.4 Å². The summed E-state index contributed by atoms with van der Waals surface area (Å²) in [6.45, 7) is 4.03. The summed E-state index contributed by atoms with van der Waals surface area (Å²) in [6.07, 6.45) is 7.84. The lowest BCUT2D eigenvalue weighted by Crippen LogP contribution is -2.54. The molecule has 0 atom stereocenters. The van der Waals surface area contributed by atoms with Gasteiger partial charge in [-0.3, -0.25) is 9.59 Å². The molecule has 0 radical (unpaired) electrons. The van der Waals surface area contributed by atoms with Crippen molar-refractivity contribution in [3.8, 4) is 0 Å². The number of aryl methyl sites for hydroxylation is 1. The van der Waals surface area contributed by atoms with Gasteiger partial charge in [-0.2, -0.15) is 0 Å². The van der Waals surface area contributed by atoms with Crippen molar-refractivity contribution in [2.75, 3.05) is 19.6 Å². The minimum absolute atomic E-state index is 0.0978. The van der Waals surface area contributed by atoms with E-state index in [9.17, 15) is 9.59 Å². The Morgan fingerprint density at radius 2 is 1.59 bits per heavy atom. The molecule has 4 heteroatoms. The van der Waals surface area contributed by atoms with Crippen molar-refractivity contribution < 1.29 is 9.59 Å². The van der Waals surface area contributed by atoms with Crippen LogP contribution >= 0.6 is 0 Å². The Balaban J connectivity index is 1.42. The smallest absolute Gasteiger partial charge is 0.230 e. The molecule has 2 aromatic rings. The molecule has 1 saturated carbocycles. The molecule has 0 aromatic heterocycles. The number of benzene rings is 2. The van der Waals surface area contributed by atoms with E-state index in [-0.39, 0.29) is 11.8 Å². The van der Waals surface area contributed by atoms with Crippen LogP contribution in [0.3, 0.4) is 0 Å². The summed E-state index contributed by atoms with van der Waals surface area (Å²) in [5.41, 5.74) is 2.99. The third-order valence-corrected chi connectivity index (χ3v) is 7.46. The maximum absolute atomic E-state index is 13.5. The molecule has 1 saturated heterocycles. The third-order valence-electron chi connectivity index (χ3n) is 7.46. The highest BCUT2D eigenvalue weighted by atomic mass is 16.2. The topological polar surface area (TPSA) is 49.4 Å². The first kappa shape index (κ1) is 22.6. The summed E-state index contributed by atoms with van der Waals surface area (Å²) in [5.74, 6) is 0.600. The van der Waals surface area contributed by atoms with Crippen LogP contribution in [0.2, 0.25) is 0 Å². The zero-order valence-electron chi connectivity index (χ0n) is 19.3. The van der Waals surface area contributed by atoms with E-state index in [2.05, 4.69) is 48.6 Å². The quantitative estimate of drug-likeness (QED) is 0.713. The molecule has 1 heterocycles. The minimum atomic E-state index is -0.558. The standard InChI is InChI=1S/C28H36N2O2/c1-22-12-14-23(15-13-22)16-19-29-27(32)28(25-10-6-3-7-11-25)17-20-30(21-18-28)26(31)24-8-4-2-5-9-24/h3,6-7,10-15,24H,2,4-5,8-9,16-21H2,1H3,(H,29,32). The van der Waals surface area contributed by atoms with Crippen LogP contribution in [0.5, 0.6) is 0 Å². The first-order valence-corrected chi connectivity index (χ1v) is 12.3. The summed E-state index contributed by atoms with van der Waals surface area (Å²) in [4.78, 5) is 28.6. The second-order valence-electron chi connectivity index (χ2n) is 9.60. The number of nitrogens with one attached hydrogen (secondary N) is 1. The normalized spacial score (nSPS) is 18.8. The molecule has 0 bridgehead atoms. The molecule has 4 rings (SSSR count). The van der Waals surface area contributed by atoms with E-state index in [4.69, 9.17) is 0 Å². The molecular formula is C28H36N2O2. The van der Waals surface area contributed by atoms with Crippen LogP contribution in [0.1, 0.15) is 61.6 Å². The number of rotatable bonds is 6. The number of nitrogens with zero attached hydrogens (tertiary/aromatic N) is 1. The molecule has 2 aromatic carbocycles. The van der Waals surface area contributed by atoms with Gasteiger partial charge in [0.15, 0.2) is 0 Å². The summed E-state index contributed by atoms with van der Waals surface area (Å²) >= 11 is 0. The highest BCUT2D eigenvalue weighted by Gasteiger charge is 2.44. The lowest BCUT2D eigenvalue weighted by atomic mass is 9.71. The van der Waals surface area contributed by atoms with Crippen LogP contribution in [-0.4, -0.2) is 36.3 Å². The minimum Gasteiger partial charge on any atom is -0.355 e. The largest absolute Gasteiger partial charge is 0.355 e. The number of hydrogen-bond donors (Lipinski definition) is 1. The van der Waals surface area contributed by atoms with Crippen LogP contribution in [0.15, 0.2) is 54.6 Å². The van der Waals surface area contributed by atoms with Crippen LogP contribution < -0.4 is 5.32 Å². The maximum atomic E-state index is 13.5. The van der Waals surface area contributed by atoms with Gasteiger partial charge in [0.25, 0.3) is 0 Å². The van der Waals surface area contributed by atoms with Crippen molar-refractivity contribution in [1.29, 1.82) is 0 Å². The molecule has 0 unspecified atom stereocenters. The summed E-state index contributed by atoms with van der Waals surface area (Å²) < 4.78 is 0. The monoisotopic (exact) mass is 432 g/mol. The van der Waals surface area contributed by atoms with E-state index in [0.717, 1.165) is 24.8 Å². The van der Waals surface area contributed by atoms with E-state index in [0.29, 0.717) is 38.4 Å². The molecule has 2 amide bonds. The van der Waals surface area contributed by atoms with E-state index in [1.165, 1.54) is 30.4 Å². The van der Waals surface area contributed by atoms with Gasteiger partial charge in [0, 0.05) is 25.6 Å². The van der Waals surface area contributed by atoms with Gasteiger partial charge in [-0.15, -0.1) is 0 Å². The van der Waals surface area contributed by atoms with E-state index in [1.807, 2.05) is 23.1 Å². The molecule has 170 valence electrons. The van der Waals surface area contributed by atoms with Crippen molar-refractivity contribution >= 4 is 11.8 Å². The Bertz CT molecular complexity index is 893. The number of carbonyl (C=O) groups is 2. The van der Waals surface area contributed by atoms with Crippen molar-refractivity contribution in [3.05, 3.63) is 71.3 Å². The van der Waals surface area contributed by atoms with Crippen molar-refractivity contribution in [3.63, 3.8) is 0 Å². The SMILES string of the molecule is Cc1ccc(CCNC(=O)C2(c3ccccc3)CCN(C(=O)C3CCCCC3)CC2)cc1. The van der Waals surface area contributed by atoms with E-state index >= 15 is 0 Å². The van der Waals surface area contributed by atoms with E-state index < -0.39 is 5.41 Å². The maximum Gasteiger partial charge on any atom is 0.230 e. The molecule has 2 aliphatic rings. The third kappa shape index (κ3) is 5.06. The molecule has 0 spiro atoms. The first-order chi connectivity index (χ1) is 15.6. The van der Waals surface area contributed by atoms with Gasteiger partial charge < -0.3 is 10.2 Å². The first-order valence-electron chi connectivity index (χ1n) is 12.3. The Kier molecular flexibility index (Phi) is 7.29. The second kappa shape index (κ2) is 10.3. The lowest BCUT2D eigenvalue weighted by Gasteiger charge is -2.42. The van der Waals surface area contributed by atoms with Crippen LogP contribution in [0.25, 0.3) is 0 Å². The van der Waals surface area contributed by atoms with Crippen molar-refractivity contribution in [2.45, 2.75) is 63.7 Å². The molecule has 1 N–H and O–H groups in total. The molecule has 1 aliphatic carbocycles. The van der Waals surface area contributed by atoms with Gasteiger partial charge in [-0.25, -0.2) is 0 Å². The zero-order chi connectivity index (χ0) is 22.4. The molecule has 1 aliphatic heterocycles. The summed E-state index contributed by atoms with van der Waals surface area (Å²) in [7, 11) is 0. The fraction of sp³-hybridized carbons (Fsp3) is 0.500. The zero-order valence-corrected chi connectivity index (χ0v) is 19.3. The van der Waals surface area contributed by atoms with Crippen LogP contribution in [0.4, 0.5) is 0 Å². The Labute approximate surface area is 192 Å². The average molecular weight is 433 g/mol. The number of likely N-dealkylation sites (tertiary alicyclic amines) is 1. The van der Waals surface area contributed by atoms with Crippen LogP contribution in [-0.2, 0) is 21.4 Å². The van der Waals surface area contributed by atoms with Gasteiger partial charge in [0.05, 0.1) is 5.41 Å². The fourth-order valence-electron chi connectivity index (χ4n) is 5.36. The number of carbonyl (C=O) groups excluding carboxylic acids is 2. The number of hydrogen-bond acceptors (Lipinski definition) is 2. The van der Waals surface area contributed by atoms with Gasteiger partial charge in [-0.05, 0) is 50.2 Å². The number of amides is 2. The van der Waals surface area contributed by atoms with E-state index in [1.54, 1.807) is 0 Å². The fourth-order valence-corrected chi connectivity index (χ4v) is 5.36. The van der Waals surface area contributed by atoms with Crippen LogP contribution in [0, 0.1) is 12.8 Å². The van der Waals surface area contributed by atoms with Gasteiger partial charge in [0.1, 0.15) is 0 Å². The van der Waals surface area contributed by atoms with Gasteiger partial charge in [0.2, 0.25) is 11.8 Å². The predicted octanol–water partition coefficient (Wildman–Crippen LogP) is 4.79. The predicted molar refractivity (Wildman–Crippen MR) is 128 cm³/mol. The highest BCUT2D eigenvalue weighted by molar-refractivity contribution is 5.89. The molecule has 2 fully saturated rings. The van der Waals surface area contributed by atoms with Crippen molar-refractivity contribution in [1.82, 2.24) is 10.2 Å². The lowest BCUT2D eigenvalue weighted by molar-refractivity contribution is -0.141. The van der Waals surface area contributed by atoms with Crippen molar-refractivity contribution in [2.24, 2.45) is 5.92 Å². The molecular weight excluding hydrogens is 396 g/mol. The Morgan fingerprint density at radius 1 is 0.938 bits per heavy atom. The van der Waals surface area contributed by atoms with Gasteiger partial charge >= 0.3 is 0 Å². The average Bonchev–Trinajstić information content (AvgIpc) is 2.86. The summed E-state index contributed by atoms with van der Waals surface area (Å²) in [5, 5.41) is 3.22. The molecule has 4 nitrogen and oxygen atoms in total. The Hall–Kier alpha value is -2.62. The molecule has 32 heavy (non-hydrogen) atoms. The second-order valence-corrected chi connectivity index (χ2v) is 9.60. The summed E-state index contributed by atoms with van der Waals surface area (Å²) in [6, 6.07) is 18.6. The number of piperidine rings is 1.